The predicted octanol–water partition coefficient (Wildman–Crippen LogP) is 3.35. The number of methoxy groups -OCH3 is 1. The summed E-state index contributed by atoms with van der Waals surface area (Å²) in [5.74, 6) is 0. The van der Waals surface area contributed by atoms with E-state index in [-0.39, 0.29) is 0 Å². The number of halogens is 1. The first-order valence-corrected chi connectivity index (χ1v) is 7.79. The largest absolute Gasteiger partial charge is 0.383 e. The second kappa shape index (κ2) is 10.2. The van der Waals surface area contributed by atoms with E-state index < -0.39 is 0 Å². The van der Waals surface area contributed by atoms with Crippen LogP contribution in [0.1, 0.15) is 31.9 Å². The number of hydrogen-bond acceptors (Lipinski definition) is 3. The molecule has 1 unspecified atom stereocenters. The van der Waals surface area contributed by atoms with E-state index in [4.69, 9.17) is 16.3 Å². The van der Waals surface area contributed by atoms with Crippen molar-refractivity contribution in [2.24, 2.45) is 0 Å². The Kier molecular flexibility index (Phi) is 8.86. The Morgan fingerprint density at radius 2 is 2.00 bits per heavy atom. The Morgan fingerprint density at radius 1 is 1.25 bits per heavy atom. The second-order valence-corrected chi connectivity index (χ2v) is 5.25. The highest BCUT2D eigenvalue weighted by molar-refractivity contribution is 6.31. The topological polar surface area (TPSA) is 24.5 Å². The molecule has 0 radical (unpaired) electrons. The minimum atomic E-state index is 0.310. The minimum Gasteiger partial charge on any atom is -0.383 e. The van der Waals surface area contributed by atoms with Gasteiger partial charge in [-0.2, -0.15) is 0 Å². The Bertz CT molecular complexity index is 373. The van der Waals surface area contributed by atoms with E-state index in [0.717, 1.165) is 44.2 Å². The zero-order valence-electron chi connectivity index (χ0n) is 12.9. The highest BCUT2D eigenvalue weighted by atomic mass is 35.5. The molecule has 0 amide bonds. The maximum absolute atomic E-state index is 6.31. The van der Waals surface area contributed by atoms with Gasteiger partial charge in [0.1, 0.15) is 0 Å². The van der Waals surface area contributed by atoms with Gasteiger partial charge in [0.05, 0.1) is 6.61 Å². The van der Waals surface area contributed by atoms with E-state index in [1.54, 1.807) is 7.11 Å². The summed E-state index contributed by atoms with van der Waals surface area (Å²) in [7, 11) is 1.75. The molecule has 1 rings (SSSR count). The summed E-state index contributed by atoms with van der Waals surface area (Å²) >= 11 is 6.31. The fourth-order valence-corrected chi connectivity index (χ4v) is 2.60. The fourth-order valence-electron chi connectivity index (χ4n) is 2.33. The first kappa shape index (κ1) is 17.4. The van der Waals surface area contributed by atoms with E-state index in [9.17, 15) is 0 Å². The molecular weight excluding hydrogens is 272 g/mol. The number of benzene rings is 1. The first-order chi connectivity index (χ1) is 9.72. The van der Waals surface area contributed by atoms with Gasteiger partial charge in [0.15, 0.2) is 0 Å². The fraction of sp³-hybridized carbons (Fsp3) is 0.625. The number of likely N-dealkylation sites (N-methyl/N-ethyl adjacent to an activating group) is 1. The van der Waals surface area contributed by atoms with Crippen molar-refractivity contribution in [2.45, 2.75) is 26.3 Å². The van der Waals surface area contributed by atoms with Crippen molar-refractivity contribution in [1.82, 2.24) is 10.2 Å². The van der Waals surface area contributed by atoms with Crippen LogP contribution in [0.4, 0.5) is 0 Å². The lowest BCUT2D eigenvalue weighted by Crippen LogP contribution is -2.32. The maximum atomic E-state index is 6.31. The number of ether oxygens (including phenoxy) is 1. The van der Waals surface area contributed by atoms with E-state index >= 15 is 0 Å². The molecule has 1 N–H and O–H groups in total. The van der Waals surface area contributed by atoms with Gasteiger partial charge in [0.2, 0.25) is 0 Å². The van der Waals surface area contributed by atoms with Crippen LogP contribution in [-0.4, -0.2) is 44.8 Å². The average Bonchev–Trinajstić information content (AvgIpc) is 2.47. The van der Waals surface area contributed by atoms with Crippen molar-refractivity contribution in [3.63, 3.8) is 0 Å². The van der Waals surface area contributed by atoms with Gasteiger partial charge < -0.3 is 15.0 Å². The molecule has 1 aromatic carbocycles. The lowest BCUT2D eigenvalue weighted by Gasteiger charge is -2.25. The molecule has 0 heterocycles. The number of rotatable bonds is 10. The van der Waals surface area contributed by atoms with Crippen molar-refractivity contribution in [3.8, 4) is 0 Å². The summed E-state index contributed by atoms with van der Waals surface area (Å²) in [5.41, 5.74) is 1.19. The molecule has 3 nitrogen and oxygen atoms in total. The van der Waals surface area contributed by atoms with Gasteiger partial charge in [-0.15, -0.1) is 0 Å². The summed E-state index contributed by atoms with van der Waals surface area (Å²) in [5, 5.41) is 4.38. The molecule has 0 saturated carbocycles. The predicted molar refractivity (Wildman–Crippen MR) is 86.5 cm³/mol. The van der Waals surface area contributed by atoms with Crippen LogP contribution in [0.5, 0.6) is 0 Å². The molecule has 0 aliphatic rings. The van der Waals surface area contributed by atoms with Crippen molar-refractivity contribution < 1.29 is 4.74 Å². The lowest BCUT2D eigenvalue weighted by atomic mass is 10.0. The molecule has 0 aliphatic carbocycles. The van der Waals surface area contributed by atoms with Crippen LogP contribution >= 0.6 is 11.6 Å². The molecule has 0 bridgehead atoms. The molecule has 1 atom stereocenters. The van der Waals surface area contributed by atoms with E-state index in [1.165, 1.54) is 5.56 Å². The van der Waals surface area contributed by atoms with E-state index in [2.05, 4.69) is 30.1 Å². The van der Waals surface area contributed by atoms with Crippen molar-refractivity contribution in [3.05, 3.63) is 34.9 Å². The van der Waals surface area contributed by atoms with E-state index in [1.807, 2.05) is 18.2 Å². The van der Waals surface area contributed by atoms with Gasteiger partial charge >= 0.3 is 0 Å². The minimum absolute atomic E-state index is 0.310. The van der Waals surface area contributed by atoms with Crippen molar-refractivity contribution >= 4 is 11.6 Å². The molecular formula is C16H27ClN2O. The van der Waals surface area contributed by atoms with Gasteiger partial charge in [-0.1, -0.05) is 43.6 Å². The quantitative estimate of drug-likeness (QED) is 0.717. The van der Waals surface area contributed by atoms with Crippen LogP contribution in [0, 0.1) is 0 Å². The standard InChI is InChI=1S/C16H27ClN2O/c1-4-18-16(14-8-6-7-9-15(14)17)10-11-19(5-2)12-13-20-3/h6-9,16,18H,4-5,10-13H2,1-3H3. The molecule has 4 heteroatoms. The van der Waals surface area contributed by atoms with Crippen LogP contribution in [-0.2, 0) is 4.74 Å². The number of nitrogens with one attached hydrogen (secondary N) is 1. The zero-order chi connectivity index (χ0) is 14.8. The first-order valence-electron chi connectivity index (χ1n) is 7.42. The summed E-state index contributed by atoms with van der Waals surface area (Å²) < 4.78 is 5.15. The van der Waals surface area contributed by atoms with Crippen LogP contribution in [0.15, 0.2) is 24.3 Å². The Morgan fingerprint density at radius 3 is 2.60 bits per heavy atom. The summed E-state index contributed by atoms with van der Waals surface area (Å²) in [6, 6.07) is 8.41. The normalized spacial score (nSPS) is 12.8. The molecule has 0 fully saturated rings. The van der Waals surface area contributed by atoms with Gasteiger partial charge in [-0.25, -0.2) is 0 Å². The lowest BCUT2D eigenvalue weighted by molar-refractivity contribution is 0.148. The smallest absolute Gasteiger partial charge is 0.0589 e. The monoisotopic (exact) mass is 298 g/mol. The highest BCUT2D eigenvalue weighted by Crippen LogP contribution is 2.25. The molecule has 20 heavy (non-hydrogen) atoms. The summed E-state index contributed by atoms with van der Waals surface area (Å²) in [6.45, 7) is 9.12. The van der Waals surface area contributed by atoms with Crippen LogP contribution in [0.25, 0.3) is 0 Å². The molecule has 114 valence electrons. The SMILES string of the molecule is CCNC(CCN(CC)CCOC)c1ccccc1Cl. The Balaban J connectivity index is 2.61. The molecule has 0 spiro atoms. The number of nitrogens with zero attached hydrogens (tertiary/aromatic N) is 1. The average molecular weight is 299 g/mol. The molecule has 0 aromatic heterocycles. The summed E-state index contributed by atoms with van der Waals surface area (Å²) in [6.07, 6.45) is 1.05. The van der Waals surface area contributed by atoms with Gasteiger partial charge in [0.25, 0.3) is 0 Å². The molecule has 0 saturated heterocycles. The van der Waals surface area contributed by atoms with Gasteiger partial charge in [0, 0.05) is 31.3 Å². The second-order valence-electron chi connectivity index (χ2n) is 4.85. The third-order valence-corrected chi connectivity index (χ3v) is 3.87. The van der Waals surface area contributed by atoms with E-state index in [0.29, 0.717) is 6.04 Å². The van der Waals surface area contributed by atoms with Gasteiger partial charge in [-0.3, -0.25) is 0 Å². The highest BCUT2D eigenvalue weighted by Gasteiger charge is 2.14. The summed E-state index contributed by atoms with van der Waals surface area (Å²) in [4.78, 5) is 2.41. The Labute approximate surface area is 128 Å². The molecule has 0 aliphatic heterocycles. The van der Waals surface area contributed by atoms with Crippen LogP contribution in [0.2, 0.25) is 5.02 Å². The zero-order valence-corrected chi connectivity index (χ0v) is 13.6. The number of hydrogen-bond donors (Lipinski definition) is 1. The van der Waals surface area contributed by atoms with Gasteiger partial charge in [-0.05, 0) is 31.1 Å². The van der Waals surface area contributed by atoms with Crippen molar-refractivity contribution in [2.75, 3.05) is 39.9 Å². The Hall–Kier alpha value is -0.610. The third-order valence-electron chi connectivity index (χ3n) is 3.52. The van der Waals surface area contributed by atoms with Crippen LogP contribution in [0.3, 0.4) is 0 Å². The third kappa shape index (κ3) is 5.80. The molecule has 1 aromatic rings. The van der Waals surface area contributed by atoms with Crippen molar-refractivity contribution in [1.29, 1.82) is 0 Å². The maximum Gasteiger partial charge on any atom is 0.0589 e. The van der Waals surface area contributed by atoms with Crippen LogP contribution < -0.4 is 5.32 Å².